The van der Waals surface area contributed by atoms with Gasteiger partial charge >= 0.3 is 0 Å². The van der Waals surface area contributed by atoms with E-state index < -0.39 is 11.2 Å². The van der Waals surface area contributed by atoms with Crippen molar-refractivity contribution in [1.82, 2.24) is 15.2 Å². The van der Waals surface area contributed by atoms with Crippen LogP contribution in [-0.4, -0.2) is 41.5 Å². The molecular weight excluding hydrogens is 321 g/mol. The molecule has 2 N–H and O–H groups in total. The number of carbonyl (C=O) groups excluding carboxylic acids is 1. The first-order chi connectivity index (χ1) is 10.5. The topological polar surface area (TPSA) is 65.2 Å². The van der Waals surface area contributed by atoms with Crippen LogP contribution in [0.1, 0.15) is 22.8 Å². The molecule has 0 aliphatic carbocycles. The standard InChI is InChI=1S/C16H18FN3O2.ClH/c1-9-5-11(17)6-12-14(9)19-7-13(15(12)21)16(22)20-4-3-18-10(2)8-20;/h5-7,10,18H,3-4,8H2,1-2H3,(H,19,21);1H/t10-;/m1./s1. The first kappa shape index (κ1) is 17.4. The molecule has 3 rings (SSSR count). The minimum Gasteiger partial charge on any atom is -0.360 e. The van der Waals surface area contributed by atoms with Gasteiger partial charge in [0.25, 0.3) is 5.91 Å². The fraction of sp³-hybridized carbons (Fsp3) is 0.375. The summed E-state index contributed by atoms with van der Waals surface area (Å²) in [6.45, 7) is 5.52. The second-order valence-electron chi connectivity index (χ2n) is 5.78. The predicted octanol–water partition coefficient (Wildman–Crippen LogP) is 1.83. The van der Waals surface area contributed by atoms with Crippen LogP contribution in [0.3, 0.4) is 0 Å². The molecule has 124 valence electrons. The van der Waals surface area contributed by atoms with Crippen LogP contribution in [0.5, 0.6) is 0 Å². The Morgan fingerprint density at radius 3 is 2.83 bits per heavy atom. The Hall–Kier alpha value is -1.92. The number of benzene rings is 1. The van der Waals surface area contributed by atoms with Crippen molar-refractivity contribution >= 4 is 29.2 Å². The SMILES string of the molecule is Cc1cc(F)cc2c(=O)c(C(=O)N3CCN[C@H](C)C3)c[nH]c12.Cl. The molecular formula is C16H19ClFN3O2. The van der Waals surface area contributed by atoms with Gasteiger partial charge in [0.1, 0.15) is 11.4 Å². The Labute approximate surface area is 139 Å². The number of pyridine rings is 1. The second-order valence-corrected chi connectivity index (χ2v) is 5.78. The molecule has 7 heteroatoms. The molecule has 1 aromatic heterocycles. The average molecular weight is 340 g/mol. The smallest absolute Gasteiger partial charge is 0.259 e. The second kappa shape index (κ2) is 6.68. The third-order valence-corrected chi connectivity index (χ3v) is 4.04. The van der Waals surface area contributed by atoms with Gasteiger partial charge in [-0.15, -0.1) is 12.4 Å². The summed E-state index contributed by atoms with van der Waals surface area (Å²) in [5.41, 5.74) is 0.845. The molecule has 1 saturated heterocycles. The number of carbonyl (C=O) groups is 1. The Bertz CT molecular complexity index is 806. The highest BCUT2D eigenvalue weighted by Gasteiger charge is 2.24. The molecule has 0 spiro atoms. The molecule has 5 nitrogen and oxygen atoms in total. The number of rotatable bonds is 1. The zero-order valence-corrected chi connectivity index (χ0v) is 13.8. The first-order valence-electron chi connectivity index (χ1n) is 7.31. The average Bonchev–Trinajstić information content (AvgIpc) is 2.47. The Morgan fingerprint density at radius 2 is 2.13 bits per heavy atom. The van der Waals surface area contributed by atoms with Crippen LogP contribution in [0.15, 0.2) is 23.1 Å². The van der Waals surface area contributed by atoms with Crippen molar-refractivity contribution in [2.45, 2.75) is 19.9 Å². The fourth-order valence-electron chi connectivity index (χ4n) is 2.91. The van der Waals surface area contributed by atoms with E-state index in [-0.39, 0.29) is 35.3 Å². The minimum atomic E-state index is -0.476. The zero-order chi connectivity index (χ0) is 15.9. The third kappa shape index (κ3) is 3.23. The monoisotopic (exact) mass is 339 g/mol. The molecule has 1 atom stereocenters. The third-order valence-electron chi connectivity index (χ3n) is 4.04. The molecule has 0 saturated carbocycles. The van der Waals surface area contributed by atoms with Crippen molar-refractivity contribution < 1.29 is 9.18 Å². The number of aromatic amines is 1. The number of amides is 1. The minimum absolute atomic E-state index is 0. The highest BCUT2D eigenvalue weighted by molar-refractivity contribution is 5.97. The maximum atomic E-state index is 13.6. The number of halogens is 2. The van der Waals surface area contributed by atoms with Crippen molar-refractivity contribution in [3.8, 4) is 0 Å². The van der Waals surface area contributed by atoms with Gasteiger partial charge in [0.15, 0.2) is 0 Å². The number of aromatic nitrogens is 1. The molecule has 1 aliphatic rings. The van der Waals surface area contributed by atoms with E-state index in [9.17, 15) is 14.0 Å². The Morgan fingerprint density at radius 1 is 1.39 bits per heavy atom. The quantitative estimate of drug-likeness (QED) is 0.833. The normalized spacial score (nSPS) is 17.9. The number of hydrogen-bond donors (Lipinski definition) is 2. The summed E-state index contributed by atoms with van der Waals surface area (Å²) in [5, 5.41) is 3.46. The van der Waals surface area contributed by atoms with Crippen molar-refractivity contribution in [1.29, 1.82) is 0 Å². The van der Waals surface area contributed by atoms with Crippen molar-refractivity contribution in [3.05, 3.63) is 45.5 Å². The van der Waals surface area contributed by atoms with Gasteiger partial charge in [0, 0.05) is 37.3 Å². The number of piperazine rings is 1. The van der Waals surface area contributed by atoms with Gasteiger partial charge in [0.2, 0.25) is 5.43 Å². The molecule has 1 aliphatic heterocycles. The van der Waals surface area contributed by atoms with Crippen LogP contribution in [-0.2, 0) is 0 Å². The number of nitrogens with one attached hydrogen (secondary N) is 2. The van der Waals surface area contributed by atoms with E-state index in [1.807, 2.05) is 6.92 Å². The fourth-order valence-corrected chi connectivity index (χ4v) is 2.91. The molecule has 1 aromatic carbocycles. The van der Waals surface area contributed by atoms with Gasteiger partial charge in [-0.3, -0.25) is 9.59 Å². The van der Waals surface area contributed by atoms with E-state index in [4.69, 9.17) is 0 Å². The predicted molar refractivity (Wildman–Crippen MR) is 89.9 cm³/mol. The molecule has 1 fully saturated rings. The summed E-state index contributed by atoms with van der Waals surface area (Å²) in [4.78, 5) is 29.7. The van der Waals surface area contributed by atoms with E-state index in [0.717, 1.165) is 0 Å². The van der Waals surface area contributed by atoms with E-state index >= 15 is 0 Å². The lowest BCUT2D eigenvalue weighted by Gasteiger charge is -2.31. The van der Waals surface area contributed by atoms with Gasteiger partial charge in [-0.1, -0.05) is 0 Å². The van der Waals surface area contributed by atoms with Gasteiger partial charge in [0.05, 0.1) is 5.52 Å². The molecule has 2 aromatic rings. The lowest BCUT2D eigenvalue weighted by atomic mass is 10.1. The summed E-state index contributed by atoms with van der Waals surface area (Å²) in [6, 6.07) is 2.73. The highest BCUT2D eigenvalue weighted by atomic mass is 35.5. The van der Waals surface area contributed by atoms with Crippen molar-refractivity contribution in [2.75, 3.05) is 19.6 Å². The maximum Gasteiger partial charge on any atom is 0.259 e. The van der Waals surface area contributed by atoms with Gasteiger partial charge < -0.3 is 15.2 Å². The number of hydrogen-bond acceptors (Lipinski definition) is 3. The van der Waals surface area contributed by atoms with Crippen LogP contribution in [0.2, 0.25) is 0 Å². The van der Waals surface area contributed by atoms with Gasteiger partial charge in [-0.2, -0.15) is 0 Å². The van der Waals surface area contributed by atoms with Crippen LogP contribution in [0.25, 0.3) is 10.9 Å². The van der Waals surface area contributed by atoms with Crippen LogP contribution in [0.4, 0.5) is 4.39 Å². The van der Waals surface area contributed by atoms with Crippen LogP contribution >= 0.6 is 12.4 Å². The van der Waals surface area contributed by atoms with E-state index in [0.29, 0.717) is 30.7 Å². The van der Waals surface area contributed by atoms with E-state index in [1.165, 1.54) is 18.3 Å². The molecule has 0 radical (unpaired) electrons. The Balaban J connectivity index is 0.00000192. The van der Waals surface area contributed by atoms with Gasteiger partial charge in [-0.25, -0.2) is 4.39 Å². The zero-order valence-electron chi connectivity index (χ0n) is 13.0. The summed E-state index contributed by atoms with van der Waals surface area (Å²) in [6.07, 6.45) is 1.44. The highest BCUT2D eigenvalue weighted by Crippen LogP contribution is 2.16. The summed E-state index contributed by atoms with van der Waals surface area (Å²) in [5.74, 6) is -0.783. The largest absolute Gasteiger partial charge is 0.360 e. The van der Waals surface area contributed by atoms with E-state index in [2.05, 4.69) is 10.3 Å². The number of aryl methyl sites for hydroxylation is 1. The lowest BCUT2D eigenvalue weighted by Crippen LogP contribution is -2.52. The lowest BCUT2D eigenvalue weighted by molar-refractivity contribution is 0.0707. The van der Waals surface area contributed by atoms with Crippen molar-refractivity contribution in [3.63, 3.8) is 0 Å². The number of fused-ring (bicyclic) bond motifs is 1. The summed E-state index contributed by atoms with van der Waals surface area (Å²) < 4.78 is 13.6. The van der Waals surface area contributed by atoms with Crippen LogP contribution < -0.4 is 10.7 Å². The summed E-state index contributed by atoms with van der Waals surface area (Å²) in [7, 11) is 0. The maximum absolute atomic E-state index is 13.6. The summed E-state index contributed by atoms with van der Waals surface area (Å²) >= 11 is 0. The van der Waals surface area contributed by atoms with Gasteiger partial charge in [-0.05, 0) is 31.5 Å². The first-order valence-corrected chi connectivity index (χ1v) is 7.31. The Kier molecular flexibility index (Phi) is 5.06. The molecule has 0 bridgehead atoms. The van der Waals surface area contributed by atoms with Crippen molar-refractivity contribution in [2.24, 2.45) is 0 Å². The molecule has 23 heavy (non-hydrogen) atoms. The molecule has 0 unspecified atom stereocenters. The van der Waals surface area contributed by atoms with Crippen LogP contribution in [0, 0.1) is 12.7 Å². The number of nitrogens with zero attached hydrogens (tertiary/aromatic N) is 1. The molecule has 2 heterocycles. The van der Waals surface area contributed by atoms with E-state index in [1.54, 1.807) is 11.8 Å². The molecule has 1 amide bonds. The number of H-pyrrole nitrogens is 1.